The van der Waals surface area contributed by atoms with Crippen LogP contribution in [0.4, 0.5) is 5.69 Å². The summed E-state index contributed by atoms with van der Waals surface area (Å²) in [6, 6.07) is 56.7. The highest BCUT2D eigenvalue weighted by atomic mass is 15.0. The number of hydrogen-bond donors (Lipinski definition) is 1. The lowest BCUT2D eigenvalue weighted by atomic mass is 9.63. The highest BCUT2D eigenvalue weighted by Crippen LogP contribution is 2.62. The number of rotatable bonds is 5. The molecule has 0 spiro atoms. The molecule has 2 atom stereocenters. The smallest absolute Gasteiger partial charge is 0.0613 e. The van der Waals surface area contributed by atoms with Gasteiger partial charge in [0.2, 0.25) is 0 Å². The summed E-state index contributed by atoms with van der Waals surface area (Å²) in [6.45, 7) is 4.79. The first-order valence-corrected chi connectivity index (χ1v) is 20.9. The Hall–Kier alpha value is -6.64. The second-order valence-corrected chi connectivity index (χ2v) is 17.3. The predicted molar refractivity (Wildman–Crippen MR) is 243 cm³/mol. The van der Waals surface area contributed by atoms with Crippen molar-refractivity contribution in [3.05, 3.63) is 227 Å². The molecular formula is C56H44N2. The minimum absolute atomic E-state index is 0.170. The van der Waals surface area contributed by atoms with E-state index in [1.54, 1.807) is 5.57 Å². The standard InChI is InChI=1S/C56H44N2/c1-55(2)51-33-38(57-39-26-29-47-44-22-13-14-24-50(44)56(53(47)34-39,36-15-5-3-6-16-36)37-17-7-4-8-18-37)25-28-45(51)46-30-27-40(35-52(46)55)58-32-31-49-43-21-10-9-19-41(43)42-20-11-12-23-48(42)54(49)58/h3-23,25-28,30-35,47,50,57H,24,29H2,1-2H3. The van der Waals surface area contributed by atoms with Crippen LogP contribution in [0.5, 0.6) is 0 Å². The maximum atomic E-state index is 3.94. The van der Waals surface area contributed by atoms with Crippen molar-refractivity contribution in [1.29, 1.82) is 0 Å². The fraction of sp³-hybridized carbons (Fsp3) is 0.143. The first-order chi connectivity index (χ1) is 28.5. The van der Waals surface area contributed by atoms with Crippen LogP contribution in [-0.2, 0) is 10.8 Å². The maximum absolute atomic E-state index is 3.94. The average molecular weight is 745 g/mol. The zero-order valence-corrected chi connectivity index (χ0v) is 32.9. The molecule has 8 aromatic rings. The molecule has 0 radical (unpaired) electrons. The second-order valence-electron chi connectivity index (χ2n) is 17.3. The van der Waals surface area contributed by atoms with Gasteiger partial charge in [0, 0.05) is 56.7 Å². The average Bonchev–Trinajstić information content (AvgIpc) is 3.92. The van der Waals surface area contributed by atoms with Gasteiger partial charge in [-0.1, -0.05) is 165 Å². The van der Waals surface area contributed by atoms with Gasteiger partial charge in [0.05, 0.1) is 5.52 Å². The number of nitrogens with zero attached hydrogens (tertiary/aromatic N) is 1. The zero-order chi connectivity index (χ0) is 38.6. The van der Waals surface area contributed by atoms with Crippen LogP contribution in [0, 0.1) is 11.8 Å². The number of anilines is 1. The third-order valence-electron chi connectivity index (χ3n) is 14.1. The lowest BCUT2D eigenvalue weighted by molar-refractivity contribution is 0.463. The Labute approximate surface area is 340 Å². The molecule has 1 N–H and O–H groups in total. The first-order valence-electron chi connectivity index (χ1n) is 20.9. The van der Waals surface area contributed by atoms with Crippen LogP contribution in [0.3, 0.4) is 0 Å². The van der Waals surface area contributed by atoms with Crippen molar-refractivity contribution in [2.75, 3.05) is 5.32 Å². The molecule has 2 unspecified atom stereocenters. The predicted octanol–water partition coefficient (Wildman–Crippen LogP) is 14.0. The summed E-state index contributed by atoms with van der Waals surface area (Å²) in [4.78, 5) is 0. The van der Waals surface area contributed by atoms with Crippen LogP contribution in [-0.4, -0.2) is 4.57 Å². The molecule has 278 valence electrons. The number of aromatic nitrogens is 1. The van der Waals surface area contributed by atoms with Crippen molar-refractivity contribution in [2.24, 2.45) is 11.8 Å². The van der Waals surface area contributed by atoms with Gasteiger partial charge in [0.25, 0.3) is 0 Å². The van der Waals surface area contributed by atoms with Gasteiger partial charge in [-0.3, -0.25) is 0 Å². The van der Waals surface area contributed by atoms with E-state index in [2.05, 4.69) is 212 Å². The van der Waals surface area contributed by atoms with Gasteiger partial charge in [0.15, 0.2) is 0 Å². The Bertz CT molecular complexity index is 3070. The van der Waals surface area contributed by atoms with E-state index in [9.17, 15) is 0 Å². The summed E-state index contributed by atoms with van der Waals surface area (Å²) in [5, 5.41) is 10.4. The minimum Gasteiger partial charge on any atom is -0.356 e. The Morgan fingerprint density at radius 1 is 0.603 bits per heavy atom. The summed E-state index contributed by atoms with van der Waals surface area (Å²) in [5.41, 5.74) is 15.6. The zero-order valence-electron chi connectivity index (χ0n) is 32.9. The molecule has 1 aromatic heterocycles. The van der Waals surface area contributed by atoms with E-state index >= 15 is 0 Å². The second kappa shape index (κ2) is 12.4. The Balaban J connectivity index is 0.922. The van der Waals surface area contributed by atoms with Gasteiger partial charge in [-0.05, 0) is 104 Å². The topological polar surface area (TPSA) is 17.0 Å². The van der Waals surface area contributed by atoms with Crippen LogP contribution in [0.25, 0.3) is 49.3 Å². The van der Waals surface area contributed by atoms with E-state index in [1.165, 1.54) is 82.8 Å². The molecule has 1 heterocycles. The molecule has 7 aromatic carbocycles. The quantitative estimate of drug-likeness (QED) is 0.174. The molecule has 0 aliphatic heterocycles. The SMILES string of the molecule is CC1(C)c2cc(NC3=CCC4C5=CC=CCC5C(c5ccccc5)(c5ccccc5)C4=C3)ccc2-c2ccc(-n3ccc4c5ccccc5c5ccccc5c43)cc21. The van der Waals surface area contributed by atoms with E-state index in [0.717, 1.165) is 18.5 Å². The van der Waals surface area contributed by atoms with Crippen molar-refractivity contribution in [2.45, 2.75) is 37.5 Å². The highest BCUT2D eigenvalue weighted by molar-refractivity contribution is 6.24. The number of nitrogens with one attached hydrogen (secondary N) is 1. The van der Waals surface area contributed by atoms with Gasteiger partial charge in [-0.15, -0.1) is 0 Å². The van der Waals surface area contributed by atoms with Gasteiger partial charge in [-0.25, -0.2) is 0 Å². The van der Waals surface area contributed by atoms with Crippen molar-refractivity contribution in [3.8, 4) is 16.8 Å². The van der Waals surface area contributed by atoms with E-state index in [4.69, 9.17) is 0 Å². The molecule has 12 rings (SSSR count). The molecule has 1 saturated carbocycles. The third kappa shape index (κ3) is 4.60. The molecule has 58 heavy (non-hydrogen) atoms. The summed E-state index contributed by atoms with van der Waals surface area (Å²) in [6.07, 6.45) is 16.3. The minimum atomic E-state index is -0.228. The number of fused-ring (bicyclic) bond motifs is 12. The fourth-order valence-corrected chi connectivity index (χ4v) is 11.6. The molecule has 0 amide bonds. The number of allylic oxidation sites excluding steroid dienone is 7. The summed E-state index contributed by atoms with van der Waals surface area (Å²) in [7, 11) is 0. The summed E-state index contributed by atoms with van der Waals surface area (Å²) < 4.78 is 2.41. The van der Waals surface area contributed by atoms with Gasteiger partial charge < -0.3 is 9.88 Å². The molecule has 0 saturated heterocycles. The van der Waals surface area contributed by atoms with Gasteiger partial charge >= 0.3 is 0 Å². The van der Waals surface area contributed by atoms with Crippen LogP contribution in [0.2, 0.25) is 0 Å². The van der Waals surface area contributed by atoms with Gasteiger partial charge in [-0.2, -0.15) is 0 Å². The number of hydrogen-bond acceptors (Lipinski definition) is 1. The Morgan fingerprint density at radius 3 is 1.91 bits per heavy atom. The van der Waals surface area contributed by atoms with Crippen LogP contribution in [0.15, 0.2) is 205 Å². The van der Waals surface area contributed by atoms with Crippen LogP contribution in [0.1, 0.15) is 48.9 Å². The fourth-order valence-electron chi connectivity index (χ4n) is 11.6. The molecule has 1 fully saturated rings. The summed E-state index contributed by atoms with van der Waals surface area (Å²) >= 11 is 0. The van der Waals surface area contributed by atoms with Crippen molar-refractivity contribution >= 4 is 38.1 Å². The molecule has 2 nitrogen and oxygen atoms in total. The van der Waals surface area contributed by atoms with E-state index in [-0.39, 0.29) is 10.8 Å². The number of benzene rings is 7. The molecule has 0 bridgehead atoms. The lowest BCUT2D eigenvalue weighted by Crippen LogP contribution is -2.35. The van der Waals surface area contributed by atoms with Gasteiger partial charge in [0.1, 0.15) is 0 Å². The third-order valence-corrected chi connectivity index (χ3v) is 14.1. The molecule has 4 aliphatic rings. The summed E-state index contributed by atoms with van der Waals surface area (Å²) in [5.74, 6) is 0.774. The molecular weight excluding hydrogens is 701 g/mol. The largest absolute Gasteiger partial charge is 0.356 e. The molecule has 4 aliphatic carbocycles. The van der Waals surface area contributed by atoms with Crippen molar-refractivity contribution in [3.63, 3.8) is 0 Å². The monoisotopic (exact) mass is 744 g/mol. The first kappa shape index (κ1) is 33.5. The van der Waals surface area contributed by atoms with Crippen molar-refractivity contribution < 1.29 is 0 Å². The lowest BCUT2D eigenvalue weighted by Gasteiger charge is -2.39. The normalized spacial score (nSPS) is 19.6. The Kier molecular flexibility index (Phi) is 7.18. The van der Waals surface area contributed by atoms with Crippen molar-refractivity contribution in [1.82, 2.24) is 4.57 Å². The van der Waals surface area contributed by atoms with Crippen LogP contribution >= 0.6 is 0 Å². The van der Waals surface area contributed by atoms with Crippen LogP contribution < -0.4 is 5.32 Å². The van der Waals surface area contributed by atoms with E-state index in [0.29, 0.717) is 11.8 Å². The molecule has 2 heteroatoms. The maximum Gasteiger partial charge on any atom is 0.0613 e. The van der Waals surface area contributed by atoms with E-state index in [1.807, 2.05) is 0 Å². The highest BCUT2D eigenvalue weighted by Gasteiger charge is 2.56. The Morgan fingerprint density at radius 2 is 1.21 bits per heavy atom. The van der Waals surface area contributed by atoms with E-state index < -0.39 is 0 Å².